The normalized spacial score (nSPS) is 10.2. The molecule has 0 radical (unpaired) electrons. The van der Waals surface area contributed by atoms with E-state index < -0.39 is 5.82 Å². The number of aromatic nitrogens is 1. The van der Waals surface area contributed by atoms with Gasteiger partial charge in [-0.15, -0.1) is 0 Å². The first-order valence-electron chi connectivity index (χ1n) is 5.37. The fourth-order valence-electron chi connectivity index (χ4n) is 1.46. The average Bonchev–Trinajstić information content (AvgIpc) is 2.34. The molecule has 0 aliphatic carbocycles. The smallest absolute Gasteiger partial charge is 0.255 e. The van der Waals surface area contributed by atoms with Crippen LogP contribution in [-0.4, -0.2) is 4.98 Å². The van der Waals surface area contributed by atoms with E-state index in [2.05, 4.69) is 4.98 Å². The number of nitrogens with zero attached hydrogens (tertiary/aromatic N) is 1. The molecule has 0 bridgehead atoms. The lowest BCUT2D eigenvalue weighted by molar-refractivity contribution is 0.424. The second-order valence-electron chi connectivity index (χ2n) is 3.62. The Morgan fingerprint density at radius 3 is 2.82 bits per heavy atom. The molecule has 0 saturated carbocycles. The highest BCUT2D eigenvalue weighted by atomic mass is 19.1. The summed E-state index contributed by atoms with van der Waals surface area (Å²) in [5.74, 6) is -0.158. The van der Waals surface area contributed by atoms with Gasteiger partial charge in [-0.3, -0.25) is 0 Å². The number of pyridine rings is 1. The predicted octanol–water partition coefficient (Wildman–Crippen LogP) is 3.16. The summed E-state index contributed by atoms with van der Waals surface area (Å²) in [4.78, 5) is 3.80. The summed E-state index contributed by atoms with van der Waals surface area (Å²) in [6.07, 6.45) is 2.36. The third kappa shape index (κ3) is 2.53. The minimum Gasteiger partial charge on any atom is -0.434 e. The minimum absolute atomic E-state index is 0.0663. The molecule has 0 atom stereocenters. The van der Waals surface area contributed by atoms with Crippen LogP contribution in [0.15, 0.2) is 36.5 Å². The molecule has 2 N–H and O–H groups in total. The summed E-state index contributed by atoms with van der Waals surface area (Å²) in [5, 5.41) is 0. The molecule has 0 saturated heterocycles. The molecule has 0 aliphatic heterocycles. The minimum atomic E-state index is -0.508. The van der Waals surface area contributed by atoms with Gasteiger partial charge in [0.05, 0.1) is 5.69 Å². The number of nitrogen functional groups attached to an aromatic ring is 1. The van der Waals surface area contributed by atoms with Crippen molar-refractivity contribution in [3.8, 4) is 11.6 Å². The van der Waals surface area contributed by atoms with Crippen LogP contribution in [0.5, 0.6) is 11.6 Å². The first-order chi connectivity index (χ1) is 8.20. The molecule has 1 aromatic carbocycles. The molecule has 0 fully saturated rings. The Hall–Kier alpha value is -2.10. The Morgan fingerprint density at radius 2 is 2.18 bits per heavy atom. The van der Waals surface area contributed by atoms with E-state index in [4.69, 9.17) is 10.5 Å². The molecule has 4 heteroatoms. The van der Waals surface area contributed by atoms with Crippen LogP contribution in [0.1, 0.15) is 12.5 Å². The number of hydrogen-bond donors (Lipinski definition) is 1. The standard InChI is InChI=1S/C13H13FN2O/c1-2-9-5-6-12(11(15)8-9)17-13-10(14)4-3-7-16-13/h3-8H,2,15H2,1H3. The van der Waals surface area contributed by atoms with Crippen LogP contribution in [-0.2, 0) is 6.42 Å². The predicted molar refractivity (Wildman–Crippen MR) is 64.5 cm³/mol. The number of anilines is 1. The second kappa shape index (κ2) is 4.82. The van der Waals surface area contributed by atoms with E-state index in [0.717, 1.165) is 12.0 Å². The van der Waals surface area contributed by atoms with E-state index in [1.54, 1.807) is 6.07 Å². The van der Waals surface area contributed by atoms with Crippen LogP contribution < -0.4 is 10.5 Å². The Morgan fingerprint density at radius 1 is 1.35 bits per heavy atom. The van der Waals surface area contributed by atoms with E-state index >= 15 is 0 Å². The third-order valence-corrected chi connectivity index (χ3v) is 2.41. The van der Waals surface area contributed by atoms with Gasteiger partial charge in [-0.2, -0.15) is 0 Å². The van der Waals surface area contributed by atoms with Crippen molar-refractivity contribution in [2.75, 3.05) is 5.73 Å². The van der Waals surface area contributed by atoms with Crippen molar-refractivity contribution in [1.29, 1.82) is 0 Å². The third-order valence-electron chi connectivity index (χ3n) is 2.41. The summed E-state index contributed by atoms with van der Waals surface area (Å²) >= 11 is 0. The summed E-state index contributed by atoms with van der Waals surface area (Å²) in [6, 6.07) is 8.23. The molecule has 17 heavy (non-hydrogen) atoms. The molecule has 88 valence electrons. The van der Waals surface area contributed by atoms with Gasteiger partial charge in [-0.1, -0.05) is 13.0 Å². The maximum Gasteiger partial charge on any atom is 0.255 e. The molecule has 2 rings (SSSR count). The molecule has 2 aromatic rings. The largest absolute Gasteiger partial charge is 0.434 e. The molecule has 0 spiro atoms. The topological polar surface area (TPSA) is 48.1 Å². The van der Waals surface area contributed by atoms with Crippen molar-refractivity contribution < 1.29 is 9.13 Å². The van der Waals surface area contributed by atoms with E-state index in [1.165, 1.54) is 18.3 Å². The Labute approximate surface area is 99.1 Å². The van der Waals surface area contributed by atoms with Crippen LogP contribution in [0.3, 0.4) is 0 Å². The summed E-state index contributed by atoms with van der Waals surface area (Å²) in [5.41, 5.74) is 7.41. The lowest BCUT2D eigenvalue weighted by atomic mass is 10.1. The second-order valence-corrected chi connectivity index (χ2v) is 3.62. The first-order valence-corrected chi connectivity index (χ1v) is 5.37. The molecule has 0 aliphatic rings. The molecule has 0 amide bonds. The van der Waals surface area contributed by atoms with Crippen molar-refractivity contribution in [3.63, 3.8) is 0 Å². The summed E-state index contributed by atoms with van der Waals surface area (Å²) in [7, 11) is 0. The molecule has 1 aromatic heterocycles. The number of ether oxygens (including phenoxy) is 1. The average molecular weight is 232 g/mol. The molecule has 0 unspecified atom stereocenters. The van der Waals surface area contributed by atoms with Gasteiger partial charge >= 0.3 is 0 Å². The van der Waals surface area contributed by atoms with Gasteiger partial charge in [0.2, 0.25) is 0 Å². The van der Waals surface area contributed by atoms with E-state index in [0.29, 0.717) is 11.4 Å². The van der Waals surface area contributed by atoms with Gasteiger partial charge in [0.1, 0.15) is 0 Å². The summed E-state index contributed by atoms with van der Waals surface area (Å²) in [6.45, 7) is 2.04. The van der Waals surface area contributed by atoms with Gasteiger partial charge in [0.15, 0.2) is 11.6 Å². The van der Waals surface area contributed by atoms with Gasteiger partial charge in [-0.05, 0) is 36.2 Å². The van der Waals surface area contributed by atoms with Crippen molar-refractivity contribution >= 4 is 5.69 Å². The fourth-order valence-corrected chi connectivity index (χ4v) is 1.46. The first kappa shape index (κ1) is 11.4. The van der Waals surface area contributed by atoms with Crippen molar-refractivity contribution in [2.45, 2.75) is 13.3 Å². The number of benzene rings is 1. The van der Waals surface area contributed by atoms with Gasteiger partial charge in [-0.25, -0.2) is 9.37 Å². The van der Waals surface area contributed by atoms with Crippen molar-refractivity contribution in [2.24, 2.45) is 0 Å². The highest BCUT2D eigenvalue weighted by molar-refractivity contribution is 5.55. The SMILES string of the molecule is CCc1ccc(Oc2ncccc2F)c(N)c1. The van der Waals surface area contributed by atoms with Crippen molar-refractivity contribution in [3.05, 3.63) is 47.9 Å². The quantitative estimate of drug-likeness (QED) is 0.827. The van der Waals surface area contributed by atoms with E-state index in [9.17, 15) is 4.39 Å². The van der Waals surface area contributed by atoms with E-state index in [-0.39, 0.29) is 5.88 Å². The number of nitrogens with two attached hydrogens (primary N) is 1. The number of halogens is 1. The molecule has 3 nitrogen and oxygen atoms in total. The Balaban J connectivity index is 2.28. The molecular weight excluding hydrogens is 219 g/mol. The zero-order valence-corrected chi connectivity index (χ0v) is 9.48. The van der Waals surface area contributed by atoms with Crippen LogP contribution >= 0.6 is 0 Å². The molecular formula is C13H13FN2O. The number of aryl methyl sites for hydroxylation is 1. The summed E-state index contributed by atoms with van der Waals surface area (Å²) < 4.78 is 18.7. The monoisotopic (exact) mass is 232 g/mol. The van der Waals surface area contributed by atoms with E-state index in [1.807, 2.05) is 19.1 Å². The van der Waals surface area contributed by atoms with Gasteiger partial charge < -0.3 is 10.5 Å². The van der Waals surface area contributed by atoms with Crippen LogP contribution in [0.25, 0.3) is 0 Å². The van der Waals surface area contributed by atoms with Crippen LogP contribution in [0.4, 0.5) is 10.1 Å². The molecule has 1 heterocycles. The van der Waals surface area contributed by atoms with Crippen molar-refractivity contribution in [1.82, 2.24) is 4.98 Å². The van der Waals surface area contributed by atoms with Gasteiger partial charge in [0.25, 0.3) is 5.88 Å². The zero-order chi connectivity index (χ0) is 12.3. The maximum atomic E-state index is 13.3. The zero-order valence-electron chi connectivity index (χ0n) is 9.48. The lowest BCUT2D eigenvalue weighted by Crippen LogP contribution is -1.96. The fraction of sp³-hybridized carbons (Fsp3) is 0.154. The lowest BCUT2D eigenvalue weighted by Gasteiger charge is -2.09. The number of rotatable bonds is 3. The highest BCUT2D eigenvalue weighted by Crippen LogP contribution is 2.28. The Kier molecular flexibility index (Phi) is 3.23. The highest BCUT2D eigenvalue weighted by Gasteiger charge is 2.07. The number of hydrogen-bond acceptors (Lipinski definition) is 3. The van der Waals surface area contributed by atoms with Crippen LogP contribution in [0.2, 0.25) is 0 Å². The maximum absolute atomic E-state index is 13.3. The van der Waals surface area contributed by atoms with Gasteiger partial charge in [0, 0.05) is 6.20 Å². The Bertz CT molecular complexity index is 529. The van der Waals surface area contributed by atoms with Crippen LogP contribution in [0, 0.1) is 5.82 Å².